The van der Waals surface area contributed by atoms with Crippen molar-refractivity contribution in [1.82, 2.24) is 9.47 Å². The van der Waals surface area contributed by atoms with Gasteiger partial charge in [-0.25, -0.2) is 4.39 Å². The minimum atomic E-state index is -0.176. The Balaban J connectivity index is 1.71. The van der Waals surface area contributed by atoms with E-state index < -0.39 is 0 Å². The third-order valence-corrected chi connectivity index (χ3v) is 5.91. The third-order valence-electron chi connectivity index (χ3n) is 5.91. The molecule has 3 heterocycles. The van der Waals surface area contributed by atoms with Crippen LogP contribution < -0.4 is 0 Å². The van der Waals surface area contributed by atoms with E-state index in [9.17, 15) is 4.39 Å². The highest BCUT2D eigenvalue weighted by Crippen LogP contribution is 2.41. The van der Waals surface area contributed by atoms with Gasteiger partial charge in [0.05, 0.1) is 0 Å². The van der Waals surface area contributed by atoms with Gasteiger partial charge >= 0.3 is 0 Å². The maximum Gasteiger partial charge on any atom is 0.123 e. The van der Waals surface area contributed by atoms with Crippen LogP contribution >= 0.6 is 0 Å². The zero-order valence-corrected chi connectivity index (χ0v) is 15.3. The first-order chi connectivity index (χ1) is 12.6. The predicted octanol–water partition coefficient (Wildman–Crippen LogP) is 5.11. The van der Waals surface area contributed by atoms with Gasteiger partial charge in [-0.2, -0.15) is 0 Å². The van der Waals surface area contributed by atoms with Crippen molar-refractivity contribution in [3.05, 3.63) is 76.7 Å². The Hall–Kier alpha value is -2.39. The highest BCUT2D eigenvalue weighted by molar-refractivity contribution is 5.88. The van der Waals surface area contributed by atoms with Gasteiger partial charge < -0.3 is 9.47 Å². The maximum atomic E-state index is 13.4. The van der Waals surface area contributed by atoms with Gasteiger partial charge in [0.25, 0.3) is 0 Å². The Bertz CT molecular complexity index is 1030. The molecule has 0 N–H and O–H groups in total. The number of halogens is 1. The SMILES string of the molecule is Cc1ccc2c(c1)c1c3n2CC(c2ccc(F)cc2)=CCC3CN(C)C1. The van der Waals surface area contributed by atoms with Crippen molar-refractivity contribution in [3.8, 4) is 0 Å². The summed E-state index contributed by atoms with van der Waals surface area (Å²) in [7, 11) is 2.22. The van der Waals surface area contributed by atoms with Gasteiger partial charge in [-0.15, -0.1) is 0 Å². The number of fused-ring (bicyclic) bond motifs is 3. The topological polar surface area (TPSA) is 8.17 Å². The molecule has 0 saturated carbocycles. The van der Waals surface area contributed by atoms with E-state index >= 15 is 0 Å². The van der Waals surface area contributed by atoms with Crippen LogP contribution in [-0.2, 0) is 13.1 Å². The zero-order valence-electron chi connectivity index (χ0n) is 15.3. The minimum absolute atomic E-state index is 0.176. The first-order valence-corrected chi connectivity index (χ1v) is 9.35. The van der Waals surface area contributed by atoms with E-state index in [0.717, 1.165) is 31.6 Å². The van der Waals surface area contributed by atoms with E-state index in [2.05, 4.69) is 47.7 Å². The molecule has 0 aliphatic carbocycles. The lowest BCUT2D eigenvalue weighted by Crippen LogP contribution is -2.30. The summed E-state index contributed by atoms with van der Waals surface area (Å²) in [6, 6.07) is 13.8. The Morgan fingerprint density at radius 3 is 2.65 bits per heavy atom. The molecule has 0 saturated heterocycles. The van der Waals surface area contributed by atoms with Gasteiger partial charge in [-0.05, 0) is 61.4 Å². The van der Waals surface area contributed by atoms with Gasteiger partial charge in [0.1, 0.15) is 5.82 Å². The first kappa shape index (κ1) is 15.8. The number of aryl methyl sites for hydroxylation is 1. The summed E-state index contributed by atoms with van der Waals surface area (Å²) < 4.78 is 15.9. The monoisotopic (exact) mass is 346 g/mol. The lowest BCUT2D eigenvalue weighted by molar-refractivity contribution is 0.278. The van der Waals surface area contributed by atoms with E-state index in [0.29, 0.717) is 5.92 Å². The second kappa shape index (κ2) is 5.82. The molecule has 2 nitrogen and oxygen atoms in total. The molecule has 2 aliphatic heterocycles. The number of benzene rings is 2. The number of allylic oxidation sites excluding steroid dienone is 2. The maximum absolute atomic E-state index is 13.4. The summed E-state index contributed by atoms with van der Waals surface area (Å²) in [5.41, 5.74) is 8.07. The molecule has 0 bridgehead atoms. The number of nitrogens with zero attached hydrogens (tertiary/aromatic N) is 2. The van der Waals surface area contributed by atoms with Crippen molar-refractivity contribution < 1.29 is 4.39 Å². The molecule has 2 aliphatic rings. The highest BCUT2D eigenvalue weighted by Gasteiger charge is 2.31. The molecule has 132 valence electrons. The summed E-state index contributed by atoms with van der Waals surface area (Å²) in [5.74, 6) is 0.347. The van der Waals surface area contributed by atoms with Crippen LogP contribution in [0.15, 0.2) is 48.5 Å². The molecule has 0 fully saturated rings. The van der Waals surface area contributed by atoms with Crippen LogP contribution in [0.1, 0.15) is 34.7 Å². The molecule has 1 unspecified atom stereocenters. The normalized spacial score (nSPS) is 20.0. The molecule has 3 heteroatoms. The van der Waals surface area contributed by atoms with Crippen molar-refractivity contribution in [2.75, 3.05) is 13.6 Å². The van der Waals surface area contributed by atoms with Crippen molar-refractivity contribution in [2.24, 2.45) is 0 Å². The van der Waals surface area contributed by atoms with E-state index in [1.165, 1.54) is 33.3 Å². The standard InChI is InChI=1S/C23H23FN2/c1-15-3-10-22-20(11-15)21-14-25(2)12-18-5-4-17(13-26(22)23(18)21)16-6-8-19(24)9-7-16/h3-4,6-11,18H,5,12-14H2,1-2H3. The van der Waals surface area contributed by atoms with Crippen LogP contribution in [0, 0.1) is 12.7 Å². The number of likely N-dealkylation sites (N-methyl/N-ethyl adjacent to an activating group) is 1. The molecule has 1 atom stereocenters. The molecule has 2 aromatic carbocycles. The molecule has 0 radical (unpaired) electrons. The molecule has 3 aromatic rings. The minimum Gasteiger partial charge on any atom is -0.339 e. The van der Waals surface area contributed by atoms with Crippen molar-refractivity contribution in [3.63, 3.8) is 0 Å². The van der Waals surface area contributed by atoms with Crippen molar-refractivity contribution >= 4 is 16.5 Å². The Kier molecular flexibility index (Phi) is 3.54. The number of hydrogen-bond donors (Lipinski definition) is 0. The van der Waals surface area contributed by atoms with Gasteiger partial charge in [0.15, 0.2) is 0 Å². The van der Waals surface area contributed by atoms with Crippen LogP contribution in [0.3, 0.4) is 0 Å². The van der Waals surface area contributed by atoms with E-state index in [1.807, 2.05) is 12.1 Å². The van der Waals surface area contributed by atoms with Crippen molar-refractivity contribution in [1.29, 1.82) is 0 Å². The van der Waals surface area contributed by atoms with Gasteiger partial charge in [0.2, 0.25) is 0 Å². The second-order valence-corrected chi connectivity index (χ2v) is 7.84. The molecule has 5 rings (SSSR count). The van der Waals surface area contributed by atoms with Crippen LogP contribution in [0.25, 0.3) is 16.5 Å². The van der Waals surface area contributed by atoms with Crippen molar-refractivity contribution in [2.45, 2.75) is 32.4 Å². The lowest BCUT2D eigenvalue weighted by Gasteiger charge is -2.30. The predicted molar refractivity (Wildman–Crippen MR) is 105 cm³/mol. The number of aromatic nitrogens is 1. The summed E-state index contributed by atoms with van der Waals surface area (Å²) >= 11 is 0. The first-order valence-electron chi connectivity index (χ1n) is 9.35. The van der Waals surface area contributed by atoms with E-state index in [4.69, 9.17) is 0 Å². The molecular weight excluding hydrogens is 323 g/mol. The van der Waals surface area contributed by atoms with Gasteiger partial charge in [0, 0.05) is 42.1 Å². The quantitative estimate of drug-likeness (QED) is 0.595. The third kappa shape index (κ3) is 2.42. The van der Waals surface area contributed by atoms with Crippen LogP contribution in [0.2, 0.25) is 0 Å². The van der Waals surface area contributed by atoms with Crippen LogP contribution in [0.4, 0.5) is 4.39 Å². The number of hydrogen-bond acceptors (Lipinski definition) is 1. The fourth-order valence-electron chi connectivity index (χ4n) is 4.74. The second-order valence-electron chi connectivity index (χ2n) is 7.84. The largest absolute Gasteiger partial charge is 0.339 e. The fourth-order valence-corrected chi connectivity index (χ4v) is 4.74. The summed E-state index contributed by atoms with van der Waals surface area (Å²) in [6.45, 7) is 5.14. The van der Waals surface area contributed by atoms with Crippen LogP contribution in [0.5, 0.6) is 0 Å². The summed E-state index contributed by atoms with van der Waals surface area (Å²) in [5, 5.41) is 1.40. The molecule has 0 spiro atoms. The molecule has 0 amide bonds. The fraction of sp³-hybridized carbons (Fsp3) is 0.304. The van der Waals surface area contributed by atoms with E-state index in [-0.39, 0.29) is 5.82 Å². The Labute approximate surface area is 153 Å². The lowest BCUT2D eigenvalue weighted by atomic mass is 9.92. The summed E-state index contributed by atoms with van der Waals surface area (Å²) in [6.07, 6.45) is 3.41. The molecule has 1 aromatic heterocycles. The molecular formula is C23H23FN2. The average Bonchev–Trinajstić information content (AvgIpc) is 2.79. The smallest absolute Gasteiger partial charge is 0.123 e. The Morgan fingerprint density at radius 1 is 1.04 bits per heavy atom. The van der Waals surface area contributed by atoms with Crippen LogP contribution in [-0.4, -0.2) is 23.1 Å². The van der Waals surface area contributed by atoms with E-state index in [1.54, 1.807) is 12.1 Å². The Morgan fingerprint density at radius 2 is 1.85 bits per heavy atom. The van der Waals surface area contributed by atoms with Gasteiger partial charge in [-0.3, -0.25) is 0 Å². The molecule has 26 heavy (non-hydrogen) atoms. The van der Waals surface area contributed by atoms with Gasteiger partial charge in [-0.1, -0.05) is 29.8 Å². The zero-order chi connectivity index (χ0) is 17.8. The average molecular weight is 346 g/mol. The highest BCUT2D eigenvalue weighted by atomic mass is 19.1. The number of rotatable bonds is 1. The summed E-state index contributed by atoms with van der Waals surface area (Å²) in [4.78, 5) is 2.44.